The zero-order valence-corrected chi connectivity index (χ0v) is 13.4. The summed E-state index contributed by atoms with van der Waals surface area (Å²) in [7, 11) is 1.42. The van der Waals surface area contributed by atoms with Crippen molar-refractivity contribution in [2.75, 3.05) is 20.2 Å². The van der Waals surface area contributed by atoms with Crippen LogP contribution in [0, 0.1) is 0 Å². The fourth-order valence-corrected chi connectivity index (χ4v) is 2.97. The van der Waals surface area contributed by atoms with Crippen LogP contribution >= 0.6 is 27.3 Å². The highest BCUT2D eigenvalue weighted by Gasteiger charge is 2.13. The van der Waals surface area contributed by atoms with E-state index in [9.17, 15) is 9.59 Å². The van der Waals surface area contributed by atoms with Crippen molar-refractivity contribution in [2.45, 2.75) is 18.9 Å². The van der Waals surface area contributed by atoms with Crippen LogP contribution < -0.4 is 10.6 Å². The summed E-state index contributed by atoms with van der Waals surface area (Å²) < 4.78 is 6.02. The number of carbonyl (C=O) groups is 2. The second-order valence-corrected chi connectivity index (χ2v) is 6.60. The third kappa shape index (κ3) is 6.88. The molecule has 1 unspecified atom stereocenters. The molecule has 0 saturated heterocycles. The maximum atomic E-state index is 11.5. The van der Waals surface area contributed by atoms with Gasteiger partial charge in [0.2, 0.25) is 0 Å². The van der Waals surface area contributed by atoms with Gasteiger partial charge in [-0.15, -0.1) is 11.3 Å². The number of nitrogens with one attached hydrogen (secondary N) is 2. The molecule has 6 nitrogen and oxygen atoms in total. The summed E-state index contributed by atoms with van der Waals surface area (Å²) in [5, 5.41) is 13.9. The van der Waals surface area contributed by atoms with Crippen molar-refractivity contribution in [1.29, 1.82) is 0 Å². The lowest BCUT2D eigenvalue weighted by Gasteiger charge is -2.14. The molecule has 0 bridgehead atoms. The molecule has 0 radical (unpaired) electrons. The van der Waals surface area contributed by atoms with Crippen molar-refractivity contribution < 1.29 is 19.4 Å². The zero-order chi connectivity index (χ0) is 15.0. The Labute approximate surface area is 129 Å². The Balaban J connectivity index is 2.18. The molecule has 1 aromatic rings. The zero-order valence-electron chi connectivity index (χ0n) is 11.0. The molecule has 0 aliphatic rings. The SMILES string of the molecule is COC(CNC(=O)NCCc1ccc(Br)s1)CC(=O)O. The van der Waals surface area contributed by atoms with Crippen molar-refractivity contribution >= 4 is 39.3 Å². The molecule has 0 aliphatic carbocycles. The van der Waals surface area contributed by atoms with Crippen LogP contribution in [0.25, 0.3) is 0 Å². The van der Waals surface area contributed by atoms with Gasteiger partial charge in [0.15, 0.2) is 0 Å². The minimum absolute atomic E-state index is 0.139. The van der Waals surface area contributed by atoms with Gasteiger partial charge in [0.1, 0.15) is 0 Å². The average Bonchev–Trinajstić information content (AvgIpc) is 2.80. The number of methoxy groups -OCH3 is 1. The lowest BCUT2D eigenvalue weighted by Crippen LogP contribution is -2.41. The number of carboxylic acid groups (broad SMARTS) is 1. The molecule has 0 spiro atoms. The van der Waals surface area contributed by atoms with Gasteiger partial charge in [0.05, 0.1) is 16.3 Å². The van der Waals surface area contributed by atoms with E-state index in [2.05, 4.69) is 26.6 Å². The van der Waals surface area contributed by atoms with Gasteiger partial charge in [-0.2, -0.15) is 0 Å². The average molecular weight is 365 g/mol. The molecule has 0 fully saturated rings. The van der Waals surface area contributed by atoms with Gasteiger partial charge in [-0.25, -0.2) is 4.79 Å². The summed E-state index contributed by atoms with van der Waals surface area (Å²) >= 11 is 5.01. The summed E-state index contributed by atoms with van der Waals surface area (Å²) in [6.45, 7) is 0.689. The summed E-state index contributed by atoms with van der Waals surface area (Å²) in [6, 6.07) is 3.64. The number of rotatable bonds is 8. The number of hydrogen-bond donors (Lipinski definition) is 3. The molecule has 8 heteroatoms. The van der Waals surface area contributed by atoms with Gasteiger partial charge < -0.3 is 20.5 Å². The van der Waals surface area contributed by atoms with E-state index in [-0.39, 0.29) is 19.0 Å². The first kappa shape index (κ1) is 16.9. The van der Waals surface area contributed by atoms with Crippen molar-refractivity contribution in [3.05, 3.63) is 20.8 Å². The van der Waals surface area contributed by atoms with E-state index in [1.165, 1.54) is 12.0 Å². The number of carboxylic acids is 1. The monoisotopic (exact) mass is 364 g/mol. The number of thiophene rings is 1. The number of hydrogen-bond acceptors (Lipinski definition) is 4. The molecule has 20 heavy (non-hydrogen) atoms. The molecule has 2 amide bonds. The molecular formula is C12H17BrN2O4S. The van der Waals surface area contributed by atoms with Gasteiger partial charge in [0.25, 0.3) is 0 Å². The van der Waals surface area contributed by atoms with Gasteiger partial charge >= 0.3 is 12.0 Å². The molecular weight excluding hydrogens is 348 g/mol. The van der Waals surface area contributed by atoms with E-state index in [0.29, 0.717) is 6.54 Å². The number of halogens is 1. The molecule has 0 aliphatic heterocycles. The third-order valence-electron chi connectivity index (χ3n) is 2.51. The first-order chi connectivity index (χ1) is 9.51. The van der Waals surface area contributed by atoms with Crippen LogP contribution in [0.1, 0.15) is 11.3 Å². The van der Waals surface area contributed by atoms with E-state index in [0.717, 1.165) is 10.2 Å². The molecule has 112 valence electrons. The van der Waals surface area contributed by atoms with E-state index in [1.807, 2.05) is 12.1 Å². The van der Waals surface area contributed by atoms with Crippen molar-refractivity contribution in [2.24, 2.45) is 0 Å². The van der Waals surface area contributed by atoms with Crippen LogP contribution in [-0.4, -0.2) is 43.4 Å². The van der Waals surface area contributed by atoms with Crippen LogP contribution in [0.2, 0.25) is 0 Å². The Bertz CT molecular complexity index is 452. The molecule has 1 heterocycles. The Kier molecular flexibility index (Phi) is 7.56. The normalized spacial score (nSPS) is 11.9. The number of ether oxygens (including phenoxy) is 1. The molecule has 1 aromatic heterocycles. The van der Waals surface area contributed by atoms with Crippen LogP contribution in [0.4, 0.5) is 4.79 Å². The van der Waals surface area contributed by atoms with Gasteiger partial charge in [-0.3, -0.25) is 4.79 Å². The quantitative estimate of drug-likeness (QED) is 0.656. The summed E-state index contributed by atoms with van der Waals surface area (Å²) in [5.74, 6) is -0.956. The summed E-state index contributed by atoms with van der Waals surface area (Å²) in [4.78, 5) is 23.2. The number of urea groups is 1. The van der Waals surface area contributed by atoms with Crippen molar-refractivity contribution in [3.8, 4) is 0 Å². The van der Waals surface area contributed by atoms with E-state index in [4.69, 9.17) is 9.84 Å². The molecule has 0 aromatic carbocycles. The highest BCUT2D eigenvalue weighted by molar-refractivity contribution is 9.11. The summed E-state index contributed by atoms with van der Waals surface area (Å²) in [6.07, 6.45) is 0.0958. The maximum absolute atomic E-state index is 11.5. The second-order valence-electron chi connectivity index (χ2n) is 4.05. The highest BCUT2D eigenvalue weighted by Crippen LogP contribution is 2.21. The van der Waals surface area contributed by atoms with Gasteiger partial charge in [-0.1, -0.05) is 0 Å². The fourth-order valence-electron chi connectivity index (χ4n) is 1.49. The number of amides is 2. The smallest absolute Gasteiger partial charge is 0.314 e. The van der Waals surface area contributed by atoms with Crippen molar-refractivity contribution in [3.63, 3.8) is 0 Å². The predicted molar refractivity (Wildman–Crippen MR) is 80.2 cm³/mol. The predicted octanol–water partition coefficient (Wildman–Crippen LogP) is 1.84. The topological polar surface area (TPSA) is 87.7 Å². The first-order valence-corrected chi connectivity index (χ1v) is 7.62. The molecule has 1 atom stereocenters. The van der Waals surface area contributed by atoms with Crippen LogP contribution in [0.5, 0.6) is 0 Å². The molecule has 1 rings (SSSR count). The summed E-state index contributed by atoms with van der Waals surface area (Å²) in [5.41, 5.74) is 0. The van der Waals surface area contributed by atoms with Crippen LogP contribution in [0.15, 0.2) is 15.9 Å². The Morgan fingerprint density at radius 1 is 1.45 bits per heavy atom. The number of aliphatic carboxylic acids is 1. The Morgan fingerprint density at radius 2 is 2.20 bits per heavy atom. The highest BCUT2D eigenvalue weighted by atomic mass is 79.9. The van der Waals surface area contributed by atoms with Crippen molar-refractivity contribution in [1.82, 2.24) is 10.6 Å². The van der Waals surface area contributed by atoms with E-state index < -0.39 is 12.1 Å². The Morgan fingerprint density at radius 3 is 2.75 bits per heavy atom. The fraction of sp³-hybridized carbons (Fsp3) is 0.500. The lowest BCUT2D eigenvalue weighted by molar-refractivity contribution is -0.139. The van der Waals surface area contributed by atoms with Crippen LogP contribution in [0.3, 0.4) is 0 Å². The minimum Gasteiger partial charge on any atom is -0.481 e. The third-order valence-corrected chi connectivity index (χ3v) is 4.20. The maximum Gasteiger partial charge on any atom is 0.314 e. The number of carbonyl (C=O) groups excluding carboxylic acids is 1. The largest absolute Gasteiger partial charge is 0.481 e. The lowest BCUT2D eigenvalue weighted by atomic mass is 10.2. The van der Waals surface area contributed by atoms with Crippen LogP contribution in [-0.2, 0) is 16.0 Å². The van der Waals surface area contributed by atoms with E-state index in [1.54, 1.807) is 11.3 Å². The Hall–Kier alpha value is -1.12. The minimum atomic E-state index is -0.956. The van der Waals surface area contributed by atoms with Gasteiger partial charge in [-0.05, 0) is 34.5 Å². The van der Waals surface area contributed by atoms with E-state index >= 15 is 0 Å². The molecule has 3 N–H and O–H groups in total. The standard InChI is InChI=1S/C12H17BrN2O4S/c1-19-8(6-11(16)17)7-15-12(18)14-5-4-9-2-3-10(13)20-9/h2-3,8H,4-7H2,1H3,(H,16,17)(H2,14,15,18). The second kappa shape index (κ2) is 8.93. The van der Waals surface area contributed by atoms with Gasteiger partial charge in [0, 0.05) is 25.1 Å². The first-order valence-electron chi connectivity index (χ1n) is 6.01. The molecule has 0 saturated carbocycles.